The van der Waals surface area contributed by atoms with Crippen LogP contribution in [0.3, 0.4) is 0 Å². The SMILES string of the molecule is CC(O)CN(C)C(=O)c1cc(Oc2c(Cl)cc(C(F)(F)F)cc2Cl)ccc1[N+](=O)[O-]. The van der Waals surface area contributed by atoms with Gasteiger partial charge in [0.05, 0.1) is 26.6 Å². The second kappa shape index (κ2) is 9.07. The minimum Gasteiger partial charge on any atom is -0.454 e. The number of nitrogens with zero attached hydrogens (tertiary/aromatic N) is 2. The Balaban J connectivity index is 2.45. The maximum atomic E-state index is 12.9. The lowest BCUT2D eigenvalue weighted by molar-refractivity contribution is -0.385. The van der Waals surface area contributed by atoms with Crippen LogP contribution in [-0.2, 0) is 6.18 Å². The number of halogens is 5. The van der Waals surface area contributed by atoms with Crippen LogP contribution in [0.1, 0.15) is 22.8 Å². The van der Waals surface area contributed by atoms with Crippen LogP contribution in [-0.4, -0.2) is 40.5 Å². The summed E-state index contributed by atoms with van der Waals surface area (Å²) in [7, 11) is 1.34. The average Bonchev–Trinajstić information content (AvgIpc) is 2.62. The van der Waals surface area contributed by atoms with Crippen molar-refractivity contribution in [2.45, 2.75) is 19.2 Å². The molecule has 1 amide bonds. The van der Waals surface area contributed by atoms with Crippen LogP contribution in [0.5, 0.6) is 11.5 Å². The number of nitro benzene ring substituents is 1. The molecule has 7 nitrogen and oxygen atoms in total. The predicted molar refractivity (Wildman–Crippen MR) is 103 cm³/mol. The number of carbonyl (C=O) groups is 1. The normalized spacial score (nSPS) is 12.4. The summed E-state index contributed by atoms with van der Waals surface area (Å²) in [6.07, 6.45) is -5.55. The van der Waals surface area contributed by atoms with Gasteiger partial charge in [-0.3, -0.25) is 14.9 Å². The third-order valence-corrected chi connectivity index (χ3v) is 4.39. The summed E-state index contributed by atoms with van der Waals surface area (Å²) in [6.45, 7) is 1.35. The van der Waals surface area contributed by atoms with Crippen LogP contribution >= 0.6 is 23.2 Å². The van der Waals surface area contributed by atoms with E-state index < -0.39 is 44.4 Å². The molecule has 0 saturated heterocycles. The minimum absolute atomic E-state index is 0.0857. The fourth-order valence-corrected chi connectivity index (χ4v) is 3.10. The number of ether oxygens (including phenoxy) is 1. The number of hydrogen-bond acceptors (Lipinski definition) is 5. The van der Waals surface area contributed by atoms with E-state index in [1.165, 1.54) is 14.0 Å². The number of amides is 1. The van der Waals surface area contributed by atoms with E-state index in [9.17, 15) is 33.2 Å². The van der Waals surface area contributed by atoms with Crippen LogP contribution < -0.4 is 4.74 Å². The van der Waals surface area contributed by atoms with Gasteiger partial charge in [0.1, 0.15) is 11.3 Å². The summed E-state index contributed by atoms with van der Waals surface area (Å²) < 4.78 is 44.0. The number of alkyl halides is 3. The van der Waals surface area contributed by atoms with Crippen LogP contribution in [0.2, 0.25) is 10.0 Å². The van der Waals surface area contributed by atoms with Crippen molar-refractivity contribution in [1.82, 2.24) is 4.90 Å². The van der Waals surface area contributed by atoms with Crippen molar-refractivity contribution in [3.05, 3.63) is 61.6 Å². The van der Waals surface area contributed by atoms with Crippen molar-refractivity contribution in [3.63, 3.8) is 0 Å². The molecule has 0 aliphatic heterocycles. The molecule has 0 aliphatic rings. The number of nitro groups is 1. The largest absolute Gasteiger partial charge is 0.454 e. The molecule has 0 heterocycles. The molecule has 30 heavy (non-hydrogen) atoms. The lowest BCUT2D eigenvalue weighted by Gasteiger charge is -2.19. The zero-order valence-electron chi connectivity index (χ0n) is 15.5. The monoisotopic (exact) mass is 466 g/mol. The molecule has 1 atom stereocenters. The van der Waals surface area contributed by atoms with Crippen molar-refractivity contribution >= 4 is 34.8 Å². The second-order valence-corrected chi connectivity index (χ2v) is 7.15. The van der Waals surface area contributed by atoms with Gasteiger partial charge in [0.15, 0.2) is 5.75 Å². The van der Waals surface area contributed by atoms with E-state index in [0.29, 0.717) is 12.1 Å². The molecule has 2 rings (SSSR count). The molecule has 2 aromatic carbocycles. The molecule has 0 saturated carbocycles. The van der Waals surface area contributed by atoms with Crippen LogP contribution in [0.25, 0.3) is 0 Å². The van der Waals surface area contributed by atoms with Crippen molar-refractivity contribution in [2.75, 3.05) is 13.6 Å². The molecule has 0 spiro atoms. The maximum absolute atomic E-state index is 12.9. The first-order chi connectivity index (χ1) is 13.8. The lowest BCUT2D eigenvalue weighted by atomic mass is 10.1. The summed E-state index contributed by atoms with van der Waals surface area (Å²) in [5.74, 6) is -1.19. The number of aliphatic hydroxyl groups is 1. The van der Waals surface area contributed by atoms with E-state index >= 15 is 0 Å². The van der Waals surface area contributed by atoms with Gasteiger partial charge in [-0.05, 0) is 25.1 Å². The molecule has 0 aliphatic carbocycles. The minimum atomic E-state index is -4.67. The van der Waals surface area contributed by atoms with Gasteiger partial charge in [0.2, 0.25) is 0 Å². The standard InChI is InChI=1S/C18H15Cl2F3N2O5/c1-9(26)8-24(2)17(27)12-7-11(3-4-15(12)25(28)29)30-16-13(19)5-10(6-14(16)20)18(21,22)23/h3-7,9,26H,8H2,1-2H3. The first kappa shape index (κ1) is 23.7. The zero-order valence-corrected chi connectivity index (χ0v) is 17.0. The summed E-state index contributed by atoms with van der Waals surface area (Å²) >= 11 is 11.7. The second-order valence-electron chi connectivity index (χ2n) is 6.34. The van der Waals surface area contributed by atoms with Gasteiger partial charge in [-0.1, -0.05) is 23.2 Å². The summed E-state index contributed by atoms with van der Waals surface area (Å²) in [6, 6.07) is 4.44. The van der Waals surface area contributed by atoms with Gasteiger partial charge >= 0.3 is 6.18 Å². The van der Waals surface area contributed by atoms with Gasteiger partial charge in [-0.15, -0.1) is 0 Å². The topological polar surface area (TPSA) is 92.9 Å². The highest BCUT2D eigenvalue weighted by Crippen LogP contribution is 2.42. The smallest absolute Gasteiger partial charge is 0.416 e. The number of benzene rings is 2. The molecule has 0 radical (unpaired) electrons. The first-order valence-corrected chi connectivity index (χ1v) is 9.03. The quantitative estimate of drug-likeness (QED) is 0.468. The maximum Gasteiger partial charge on any atom is 0.416 e. The van der Waals surface area contributed by atoms with Crippen LogP contribution in [0, 0.1) is 10.1 Å². The van der Waals surface area contributed by atoms with E-state index in [2.05, 4.69) is 0 Å². The Hall–Kier alpha value is -2.56. The van der Waals surface area contributed by atoms with Crippen molar-refractivity contribution in [1.29, 1.82) is 0 Å². The summed E-state index contributed by atoms with van der Waals surface area (Å²) in [5.41, 5.74) is -1.95. The number of likely N-dealkylation sites (N-methyl/N-ethyl adjacent to an activating group) is 1. The summed E-state index contributed by atoms with van der Waals surface area (Å²) in [4.78, 5) is 24.2. The molecular formula is C18H15Cl2F3N2O5. The number of hydrogen-bond donors (Lipinski definition) is 1. The third kappa shape index (κ3) is 5.53. The van der Waals surface area contributed by atoms with E-state index in [0.717, 1.165) is 23.1 Å². The lowest BCUT2D eigenvalue weighted by Crippen LogP contribution is -2.33. The highest BCUT2D eigenvalue weighted by Gasteiger charge is 2.32. The Kier molecular flexibility index (Phi) is 7.17. The number of rotatable bonds is 6. The van der Waals surface area contributed by atoms with Gasteiger partial charge < -0.3 is 14.7 Å². The Morgan fingerprint density at radius 2 is 1.83 bits per heavy atom. The molecule has 2 aromatic rings. The predicted octanol–water partition coefficient (Wildman–Crippen LogP) is 5.17. The fraction of sp³-hybridized carbons (Fsp3) is 0.278. The van der Waals surface area contributed by atoms with Gasteiger partial charge in [0, 0.05) is 25.7 Å². The Morgan fingerprint density at radius 3 is 2.30 bits per heavy atom. The fourth-order valence-electron chi connectivity index (χ4n) is 2.53. The van der Waals surface area contributed by atoms with E-state index in [-0.39, 0.29) is 23.6 Å². The van der Waals surface area contributed by atoms with Crippen LogP contribution in [0.15, 0.2) is 30.3 Å². The Morgan fingerprint density at radius 1 is 1.27 bits per heavy atom. The van der Waals surface area contributed by atoms with Gasteiger partial charge in [-0.25, -0.2) is 0 Å². The van der Waals surface area contributed by atoms with E-state index in [1.807, 2.05) is 0 Å². The van der Waals surface area contributed by atoms with Crippen molar-refractivity contribution in [2.24, 2.45) is 0 Å². The Bertz CT molecular complexity index is 960. The van der Waals surface area contributed by atoms with E-state index in [4.69, 9.17) is 27.9 Å². The molecule has 1 N–H and O–H groups in total. The zero-order chi connectivity index (χ0) is 22.8. The summed E-state index contributed by atoms with van der Waals surface area (Å²) in [5, 5.41) is 19.8. The molecule has 0 fully saturated rings. The molecule has 0 aromatic heterocycles. The molecular weight excluding hydrogens is 452 g/mol. The third-order valence-electron chi connectivity index (χ3n) is 3.83. The van der Waals surface area contributed by atoms with Gasteiger partial charge in [-0.2, -0.15) is 13.2 Å². The molecule has 1 unspecified atom stereocenters. The highest BCUT2D eigenvalue weighted by molar-refractivity contribution is 6.37. The average molecular weight is 467 g/mol. The number of aliphatic hydroxyl groups excluding tert-OH is 1. The molecule has 12 heteroatoms. The van der Waals surface area contributed by atoms with Gasteiger partial charge in [0.25, 0.3) is 11.6 Å². The first-order valence-electron chi connectivity index (χ1n) is 8.27. The van der Waals surface area contributed by atoms with Crippen molar-refractivity contribution in [3.8, 4) is 11.5 Å². The van der Waals surface area contributed by atoms with Crippen LogP contribution in [0.4, 0.5) is 18.9 Å². The molecule has 162 valence electrons. The molecule has 0 bridgehead atoms. The Labute approximate surface area is 178 Å². The van der Waals surface area contributed by atoms with E-state index in [1.54, 1.807) is 0 Å². The van der Waals surface area contributed by atoms with Crippen molar-refractivity contribution < 1.29 is 32.7 Å². The number of carbonyl (C=O) groups excluding carboxylic acids is 1. The highest BCUT2D eigenvalue weighted by atomic mass is 35.5.